The zero-order valence-corrected chi connectivity index (χ0v) is 11.9. The van der Waals surface area contributed by atoms with E-state index in [4.69, 9.17) is 16.7 Å². The number of halogens is 1. The predicted octanol–water partition coefficient (Wildman–Crippen LogP) is 1.43. The van der Waals surface area contributed by atoms with Crippen LogP contribution in [0.5, 0.6) is 0 Å². The number of nitrogens with one attached hydrogen (secondary N) is 1. The minimum atomic E-state index is -1.48. The molecule has 20 heavy (non-hydrogen) atoms. The van der Waals surface area contributed by atoms with E-state index < -0.39 is 18.0 Å². The second-order valence-electron chi connectivity index (χ2n) is 5.43. The Morgan fingerprint density at radius 1 is 1.55 bits per heavy atom. The highest BCUT2D eigenvalue weighted by Gasteiger charge is 2.29. The molecule has 1 aromatic rings. The molecule has 1 amide bonds. The summed E-state index contributed by atoms with van der Waals surface area (Å²) in [6.07, 6.45) is 3.31. The standard InChI is InChI=1S/C13H17ClN2O4/c1-13(20,5-11(17)18)7-15-12(19)10-4-8(14)6-16(10)9-2-3-9/h4,6,9,20H,2-3,5,7H2,1H3,(H,15,19)(H,17,18). The second kappa shape index (κ2) is 5.46. The molecule has 1 heterocycles. The third kappa shape index (κ3) is 3.74. The number of rotatable bonds is 6. The monoisotopic (exact) mass is 300 g/mol. The van der Waals surface area contributed by atoms with Crippen LogP contribution in [-0.2, 0) is 4.79 Å². The predicted molar refractivity (Wildman–Crippen MR) is 72.9 cm³/mol. The van der Waals surface area contributed by atoms with Gasteiger partial charge in [0.2, 0.25) is 0 Å². The average molecular weight is 301 g/mol. The molecule has 0 radical (unpaired) electrons. The van der Waals surface area contributed by atoms with Crippen molar-refractivity contribution in [2.24, 2.45) is 0 Å². The Balaban J connectivity index is 2.00. The lowest BCUT2D eigenvalue weighted by Crippen LogP contribution is -2.42. The van der Waals surface area contributed by atoms with Crippen LogP contribution in [0.4, 0.5) is 0 Å². The molecule has 0 bridgehead atoms. The van der Waals surface area contributed by atoms with Gasteiger partial charge in [0, 0.05) is 18.8 Å². The number of carbonyl (C=O) groups is 2. The van der Waals surface area contributed by atoms with Crippen LogP contribution in [0.1, 0.15) is 42.7 Å². The molecular formula is C13H17ClN2O4. The van der Waals surface area contributed by atoms with Crippen molar-refractivity contribution in [1.29, 1.82) is 0 Å². The Hall–Kier alpha value is -1.53. The zero-order chi connectivity index (χ0) is 14.9. The molecule has 7 heteroatoms. The fraction of sp³-hybridized carbons (Fsp3) is 0.538. The lowest BCUT2D eigenvalue weighted by atomic mass is 10.0. The van der Waals surface area contributed by atoms with Crippen LogP contribution in [0, 0.1) is 0 Å². The summed E-state index contributed by atoms with van der Waals surface area (Å²) >= 11 is 5.91. The molecule has 3 N–H and O–H groups in total. The summed E-state index contributed by atoms with van der Waals surface area (Å²) in [6, 6.07) is 1.88. The molecule has 110 valence electrons. The highest BCUT2D eigenvalue weighted by Crippen LogP contribution is 2.37. The zero-order valence-electron chi connectivity index (χ0n) is 11.1. The number of hydrogen-bond acceptors (Lipinski definition) is 3. The second-order valence-corrected chi connectivity index (χ2v) is 5.87. The van der Waals surface area contributed by atoms with Crippen molar-refractivity contribution in [2.75, 3.05) is 6.54 Å². The Labute approximate surface area is 121 Å². The van der Waals surface area contributed by atoms with Crippen molar-refractivity contribution in [1.82, 2.24) is 9.88 Å². The summed E-state index contributed by atoms with van der Waals surface area (Å²) in [7, 11) is 0. The quantitative estimate of drug-likeness (QED) is 0.741. The van der Waals surface area contributed by atoms with Gasteiger partial charge in [-0.1, -0.05) is 11.6 Å². The summed E-state index contributed by atoms with van der Waals surface area (Å²) in [6.45, 7) is 1.24. The van der Waals surface area contributed by atoms with Crippen molar-refractivity contribution in [3.8, 4) is 0 Å². The van der Waals surface area contributed by atoms with Crippen LogP contribution >= 0.6 is 11.6 Å². The number of amides is 1. The molecule has 1 saturated carbocycles. The Morgan fingerprint density at radius 3 is 2.75 bits per heavy atom. The third-order valence-electron chi connectivity index (χ3n) is 3.15. The number of aliphatic hydroxyl groups is 1. The molecule has 2 rings (SSSR count). The summed E-state index contributed by atoms with van der Waals surface area (Å²) in [5.41, 5.74) is -1.05. The van der Waals surface area contributed by atoms with E-state index in [9.17, 15) is 14.7 Å². The van der Waals surface area contributed by atoms with Gasteiger partial charge in [0.25, 0.3) is 5.91 Å². The molecule has 1 atom stereocenters. The molecule has 0 saturated heterocycles. The Kier molecular flexibility index (Phi) is 4.06. The first-order chi connectivity index (χ1) is 9.28. The number of nitrogens with zero attached hydrogens (tertiary/aromatic N) is 1. The Morgan fingerprint density at radius 2 is 2.20 bits per heavy atom. The van der Waals surface area contributed by atoms with Crippen LogP contribution in [-0.4, -0.2) is 38.8 Å². The minimum absolute atomic E-state index is 0.133. The Bertz CT molecular complexity index is 534. The largest absolute Gasteiger partial charge is 0.481 e. The van der Waals surface area contributed by atoms with Crippen LogP contribution in [0.15, 0.2) is 12.3 Å². The summed E-state index contributed by atoms with van der Waals surface area (Å²) < 4.78 is 1.82. The van der Waals surface area contributed by atoms with Gasteiger partial charge in [0.05, 0.1) is 17.0 Å². The first-order valence-corrected chi connectivity index (χ1v) is 6.76. The smallest absolute Gasteiger partial charge is 0.306 e. The number of aromatic nitrogens is 1. The average Bonchev–Trinajstić information content (AvgIpc) is 3.08. The number of aliphatic carboxylic acids is 1. The van der Waals surface area contributed by atoms with E-state index in [2.05, 4.69) is 5.32 Å². The molecule has 0 aliphatic heterocycles. The molecule has 1 fully saturated rings. The van der Waals surface area contributed by atoms with E-state index >= 15 is 0 Å². The summed E-state index contributed by atoms with van der Waals surface area (Å²) in [4.78, 5) is 22.7. The van der Waals surface area contributed by atoms with Gasteiger partial charge in [0.1, 0.15) is 5.69 Å². The number of carbonyl (C=O) groups excluding carboxylic acids is 1. The van der Waals surface area contributed by atoms with Gasteiger partial charge in [-0.2, -0.15) is 0 Å². The normalized spacial score (nSPS) is 17.6. The van der Waals surface area contributed by atoms with Gasteiger partial charge in [-0.05, 0) is 25.8 Å². The minimum Gasteiger partial charge on any atom is -0.481 e. The summed E-state index contributed by atoms with van der Waals surface area (Å²) in [5.74, 6) is -1.48. The van der Waals surface area contributed by atoms with Gasteiger partial charge in [-0.25, -0.2) is 0 Å². The maximum atomic E-state index is 12.1. The molecule has 0 spiro atoms. The highest BCUT2D eigenvalue weighted by molar-refractivity contribution is 6.31. The first kappa shape index (κ1) is 14.9. The first-order valence-electron chi connectivity index (χ1n) is 6.38. The fourth-order valence-corrected chi connectivity index (χ4v) is 2.24. The van der Waals surface area contributed by atoms with Crippen molar-refractivity contribution in [3.63, 3.8) is 0 Å². The van der Waals surface area contributed by atoms with E-state index in [1.54, 1.807) is 12.3 Å². The molecule has 1 aliphatic rings. The van der Waals surface area contributed by atoms with Gasteiger partial charge in [-0.15, -0.1) is 0 Å². The lowest BCUT2D eigenvalue weighted by Gasteiger charge is -2.21. The van der Waals surface area contributed by atoms with Gasteiger partial charge >= 0.3 is 5.97 Å². The van der Waals surface area contributed by atoms with Crippen molar-refractivity contribution < 1.29 is 19.8 Å². The molecule has 1 unspecified atom stereocenters. The highest BCUT2D eigenvalue weighted by atomic mass is 35.5. The van der Waals surface area contributed by atoms with Crippen LogP contribution in [0.25, 0.3) is 0 Å². The number of carboxylic acid groups (broad SMARTS) is 1. The lowest BCUT2D eigenvalue weighted by molar-refractivity contribution is -0.141. The molecule has 1 aromatic heterocycles. The molecule has 0 aromatic carbocycles. The van der Waals surface area contributed by atoms with Crippen molar-refractivity contribution >= 4 is 23.5 Å². The van der Waals surface area contributed by atoms with E-state index in [1.807, 2.05) is 4.57 Å². The SMILES string of the molecule is CC(O)(CNC(=O)c1cc(Cl)cn1C1CC1)CC(=O)O. The molecule has 1 aliphatic carbocycles. The molecule has 6 nitrogen and oxygen atoms in total. The number of hydrogen-bond donors (Lipinski definition) is 3. The third-order valence-corrected chi connectivity index (χ3v) is 3.36. The number of carboxylic acids is 1. The van der Waals surface area contributed by atoms with E-state index in [1.165, 1.54) is 6.92 Å². The van der Waals surface area contributed by atoms with Gasteiger partial charge in [-0.3, -0.25) is 9.59 Å². The van der Waals surface area contributed by atoms with Crippen molar-refractivity contribution in [3.05, 3.63) is 23.0 Å². The molecular weight excluding hydrogens is 284 g/mol. The van der Waals surface area contributed by atoms with Crippen LogP contribution in [0.3, 0.4) is 0 Å². The van der Waals surface area contributed by atoms with E-state index in [0.717, 1.165) is 12.8 Å². The van der Waals surface area contributed by atoms with Crippen molar-refractivity contribution in [2.45, 2.75) is 37.8 Å². The summed E-state index contributed by atoms with van der Waals surface area (Å²) in [5, 5.41) is 21.5. The maximum Gasteiger partial charge on any atom is 0.306 e. The van der Waals surface area contributed by atoms with E-state index in [-0.39, 0.29) is 12.5 Å². The van der Waals surface area contributed by atoms with Crippen LogP contribution in [0.2, 0.25) is 5.02 Å². The van der Waals surface area contributed by atoms with Gasteiger partial charge in [0.15, 0.2) is 0 Å². The topological polar surface area (TPSA) is 91.6 Å². The van der Waals surface area contributed by atoms with Gasteiger partial charge < -0.3 is 20.1 Å². The van der Waals surface area contributed by atoms with Crippen LogP contribution < -0.4 is 5.32 Å². The van der Waals surface area contributed by atoms with E-state index in [0.29, 0.717) is 16.8 Å². The fourth-order valence-electron chi connectivity index (χ4n) is 2.03. The maximum absolute atomic E-state index is 12.1.